The molecule has 0 radical (unpaired) electrons. The van der Waals surface area contributed by atoms with Crippen LogP contribution in [0.4, 0.5) is 4.79 Å². The fourth-order valence-corrected chi connectivity index (χ4v) is 3.37. The van der Waals surface area contributed by atoms with Gasteiger partial charge in [0.15, 0.2) is 0 Å². The summed E-state index contributed by atoms with van der Waals surface area (Å²) in [6.07, 6.45) is -1.02. The normalized spacial score (nSPS) is 31.5. The largest absolute Gasteiger partial charge is 0.443 e. The first-order valence-corrected chi connectivity index (χ1v) is 7.70. The minimum atomic E-state index is -3.95. The van der Waals surface area contributed by atoms with Crippen LogP contribution in [0.3, 0.4) is 0 Å². The number of hydrogen-bond acceptors (Lipinski definition) is 5. The molecule has 19 heavy (non-hydrogen) atoms. The average molecular weight is 354 g/mol. The first-order valence-electron chi connectivity index (χ1n) is 5.20. The van der Waals surface area contributed by atoms with Crippen LogP contribution in [0.15, 0.2) is 0 Å². The lowest BCUT2D eigenvalue weighted by atomic mass is 10.0. The van der Waals surface area contributed by atoms with Crippen molar-refractivity contribution in [3.8, 4) is 0 Å². The number of carbonyl (C=O) groups excluding carboxylic acids is 1. The molecule has 0 spiro atoms. The zero-order valence-corrected chi connectivity index (χ0v) is 13.1. The van der Waals surface area contributed by atoms with Crippen molar-refractivity contribution >= 4 is 51.2 Å². The summed E-state index contributed by atoms with van der Waals surface area (Å²) < 4.78 is 32.0. The van der Waals surface area contributed by atoms with E-state index in [4.69, 9.17) is 43.8 Å². The summed E-state index contributed by atoms with van der Waals surface area (Å²) in [5.74, 6) is 0. The molecule has 2 heterocycles. The van der Waals surface area contributed by atoms with Crippen LogP contribution in [-0.2, 0) is 19.3 Å². The molecule has 2 rings (SSSR count). The van der Waals surface area contributed by atoms with Gasteiger partial charge in [0.2, 0.25) is 3.79 Å². The summed E-state index contributed by atoms with van der Waals surface area (Å²) in [4.78, 5) is 11.8. The lowest BCUT2D eigenvalue weighted by molar-refractivity contribution is -0.122. The number of hydroxylamine groups is 2. The van der Waals surface area contributed by atoms with Crippen LogP contribution in [0.25, 0.3) is 0 Å². The van der Waals surface area contributed by atoms with E-state index in [0.717, 1.165) is 4.31 Å². The first-order chi connectivity index (χ1) is 8.45. The summed E-state index contributed by atoms with van der Waals surface area (Å²) in [5, 5.41) is 0.660. The van der Waals surface area contributed by atoms with Crippen molar-refractivity contribution in [2.24, 2.45) is 0 Å². The summed E-state index contributed by atoms with van der Waals surface area (Å²) in [6.45, 7) is 3.09. The van der Waals surface area contributed by atoms with Gasteiger partial charge in [0, 0.05) is 6.54 Å². The second-order valence-corrected chi connectivity index (χ2v) is 8.73. The number of amides is 1. The van der Waals surface area contributed by atoms with E-state index < -0.39 is 32.3 Å². The van der Waals surface area contributed by atoms with Crippen molar-refractivity contribution in [2.75, 3.05) is 13.2 Å². The third-order valence-corrected chi connectivity index (χ3v) is 4.53. The molecule has 2 fully saturated rings. The van der Waals surface area contributed by atoms with Crippen LogP contribution in [-0.4, -0.2) is 52.4 Å². The number of halogens is 3. The molecule has 2 saturated heterocycles. The van der Waals surface area contributed by atoms with E-state index in [1.807, 2.05) is 0 Å². The Hall–Kier alpha value is 0.01000. The number of nitrogens with zero attached hydrogens (tertiary/aromatic N) is 2. The number of carbonyl (C=O) groups is 1. The van der Waals surface area contributed by atoms with E-state index in [0.29, 0.717) is 11.6 Å². The quantitative estimate of drug-likeness (QED) is 0.527. The topological polar surface area (TPSA) is 75.9 Å². The molecular formula is C8H11Cl3N2O5S. The zero-order chi connectivity index (χ0) is 14.6. The van der Waals surface area contributed by atoms with Gasteiger partial charge >= 0.3 is 16.4 Å². The molecule has 2 atom stereocenters. The zero-order valence-electron chi connectivity index (χ0n) is 9.97. The summed E-state index contributed by atoms with van der Waals surface area (Å²) in [5.41, 5.74) is -0.865. The number of alkyl halides is 3. The predicted octanol–water partition coefficient (Wildman–Crippen LogP) is 1.45. The van der Waals surface area contributed by atoms with Crippen LogP contribution >= 0.6 is 34.8 Å². The van der Waals surface area contributed by atoms with Gasteiger partial charge in [-0.05, 0) is 13.8 Å². The van der Waals surface area contributed by atoms with Crippen LogP contribution < -0.4 is 0 Å². The second kappa shape index (κ2) is 4.51. The van der Waals surface area contributed by atoms with Crippen LogP contribution in [0.5, 0.6) is 0 Å². The van der Waals surface area contributed by atoms with Gasteiger partial charge in [0.05, 0.1) is 11.6 Å². The number of fused-ring (bicyclic) bond motifs is 1. The monoisotopic (exact) mass is 352 g/mol. The Morgan fingerprint density at radius 1 is 1.47 bits per heavy atom. The summed E-state index contributed by atoms with van der Waals surface area (Å²) in [6, 6.07) is -0.341. The number of ether oxygens (including phenoxy) is 1. The highest BCUT2D eigenvalue weighted by Gasteiger charge is 2.63. The molecule has 0 aromatic rings. The minimum absolute atomic E-state index is 0.295. The maximum Gasteiger partial charge on any atom is 0.435 e. The van der Waals surface area contributed by atoms with Crippen LogP contribution in [0.1, 0.15) is 13.8 Å². The summed E-state index contributed by atoms with van der Waals surface area (Å²) in [7, 11) is -3.95. The third-order valence-electron chi connectivity index (χ3n) is 2.89. The highest BCUT2D eigenvalue weighted by atomic mass is 35.6. The van der Waals surface area contributed by atoms with Gasteiger partial charge in [-0.1, -0.05) is 34.8 Å². The van der Waals surface area contributed by atoms with E-state index in [9.17, 15) is 13.2 Å². The SMILES string of the molecule is CC1(C)C2CN2S(=O)(=O)ON1C(=O)OCC(Cl)(Cl)Cl. The Morgan fingerprint density at radius 2 is 2.05 bits per heavy atom. The Balaban J connectivity index is 2.11. The highest BCUT2D eigenvalue weighted by molar-refractivity contribution is 7.84. The summed E-state index contributed by atoms with van der Waals surface area (Å²) >= 11 is 16.3. The third kappa shape index (κ3) is 3.03. The van der Waals surface area contributed by atoms with Crippen molar-refractivity contribution in [2.45, 2.75) is 29.2 Å². The molecule has 2 unspecified atom stereocenters. The predicted molar refractivity (Wildman–Crippen MR) is 68.1 cm³/mol. The van der Waals surface area contributed by atoms with Gasteiger partial charge in [-0.3, -0.25) is 0 Å². The van der Waals surface area contributed by atoms with Crippen molar-refractivity contribution in [3.05, 3.63) is 0 Å². The molecule has 0 saturated carbocycles. The lowest BCUT2D eigenvalue weighted by Crippen LogP contribution is -2.57. The highest BCUT2D eigenvalue weighted by Crippen LogP contribution is 2.42. The Kier molecular flexibility index (Phi) is 3.65. The van der Waals surface area contributed by atoms with Gasteiger partial charge < -0.3 is 4.74 Å². The average Bonchev–Trinajstić information content (AvgIpc) is 3.00. The van der Waals surface area contributed by atoms with Gasteiger partial charge in [-0.2, -0.15) is 17.8 Å². The molecule has 0 N–H and O–H groups in total. The fraction of sp³-hybridized carbons (Fsp3) is 0.875. The smallest absolute Gasteiger partial charge is 0.435 e. The lowest BCUT2D eigenvalue weighted by Gasteiger charge is -2.38. The van der Waals surface area contributed by atoms with E-state index >= 15 is 0 Å². The first kappa shape index (κ1) is 15.4. The number of hydrogen-bond donors (Lipinski definition) is 0. The van der Waals surface area contributed by atoms with Crippen LogP contribution in [0, 0.1) is 0 Å². The molecule has 2 aliphatic heterocycles. The maximum absolute atomic E-state index is 11.8. The number of rotatable bonds is 1. The molecular weight excluding hydrogens is 343 g/mol. The Bertz CT molecular complexity index is 503. The molecule has 0 aliphatic carbocycles. The Morgan fingerprint density at radius 3 is 2.58 bits per heavy atom. The molecule has 7 nitrogen and oxygen atoms in total. The van der Waals surface area contributed by atoms with Crippen molar-refractivity contribution in [1.82, 2.24) is 9.37 Å². The van der Waals surface area contributed by atoms with E-state index in [1.165, 1.54) is 0 Å². The molecule has 0 bridgehead atoms. The fourth-order valence-electron chi connectivity index (χ4n) is 1.78. The van der Waals surface area contributed by atoms with Gasteiger partial charge in [-0.25, -0.2) is 4.79 Å². The standard InChI is InChI=1S/C8H11Cl3N2O5S/c1-7(2)5-3-12(5)19(15,16)18-13(7)6(14)17-4-8(9,10)11/h5H,3-4H2,1-2H3. The molecule has 1 amide bonds. The van der Waals surface area contributed by atoms with Crippen LogP contribution in [0.2, 0.25) is 0 Å². The minimum Gasteiger partial charge on any atom is -0.443 e. The van der Waals surface area contributed by atoms with E-state index in [-0.39, 0.29) is 6.04 Å². The van der Waals surface area contributed by atoms with Gasteiger partial charge in [-0.15, -0.1) is 4.28 Å². The molecule has 2 aliphatic rings. The molecule has 0 aromatic heterocycles. The van der Waals surface area contributed by atoms with Gasteiger partial charge in [0.25, 0.3) is 0 Å². The van der Waals surface area contributed by atoms with Crippen molar-refractivity contribution in [3.63, 3.8) is 0 Å². The molecule has 0 aromatic carbocycles. The molecule has 110 valence electrons. The van der Waals surface area contributed by atoms with E-state index in [2.05, 4.69) is 0 Å². The van der Waals surface area contributed by atoms with Crippen molar-refractivity contribution < 1.29 is 22.2 Å². The second-order valence-electron chi connectivity index (χ2n) is 4.74. The maximum atomic E-state index is 11.8. The van der Waals surface area contributed by atoms with Gasteiger partial charge in [0.1, 0.15) is 6.61 Å². The Labute approximate surface area is 125 Å². The van der Waals surface area contributed by atoms with Crippen molar-refractivity contribution in [1.29, 1.82) is 0 Å². The molecule has 11 heteroatoms. The van der Waals surface area contributed by atoms with E-state index in [1.54, 1.807) is 13.8 Å².